The number of methoxy groups -OCH3 is 1. The van der Waals surface area contributed by atoms with Gasteiger partial charge in [0.25, 0.3) is 0 Å². The molecule has 3 aromatic rings. The van der Waals surface area contributed by atoms with Gasteiger partial charge in [0, 0.05) is 17.8 Å². The van der Waals surface area contributed by atoms with Gasteiger partial charge in [-0.3, -0.25) is 0 Å². The lowest BCUT2D eigenvalue weighted by Crippen LogP contribution is -2.04. The minimum Gasteiger partial charge on any atom is -0.497 e. The molecule has 2 nitrogen and oxygen atoms in total. The van der Waals surface area contributed by atoms with Crippen LogP contribution in [0.2, 0.25) is 0 Å². The SMILES string of the molecule is CCCCCCc1cc2ccccc2n1Cc1ccc(OC)cc1. The van der Waals surface area contributed by atoms with Gasteiger partial charge in [-0.15, -0.1) is 0 Å². The van der Waals surface area contributed by atoms with Gasteiger partial charge in [0.1, 0.15) is 5.75 Å². The molecule has 1 heterocycles. The summed E-state index contributed by atoms with van der Waals surface area (Å²) >= 11 is 0. The van der Waals surface area contributed by atoms with E-state index in [9.17, 15) is 0 Å². The molecule has 126 valence electrons. The predicted molar refractivity (Wildman–Crippen MR) is 102 cm³/mol. The zero-order chi connectivity index (χ0) is 16.8. The van der Waals surface area contributed by atoms with Crippen LogP contribution in [-0.2, 0) is 13.0 Å². The van der Waals surface area contributed by atoms with E-state index in [1.54, 1.807) is 7.11 Å². The Labute approximate surface area is 145 Å². The van der Waals surface area contributed by atoms with Gasteiger partial charge < -0.3 is 9.30 Å². The van der Waals surface area contributed by atoms with E-state index in [0.29, 0.717) is 0 Å². The number of hydrogen-bond donors (Lipinski definition) is 0. The van der Waals surface area contributed by atoms with Crippen molar-refractivity contribution in [1.29, 1.82) is 0 Å². The molecular formula is C22H27NO. The van der Waals surface area contributed by atoms with Crippen LogP contribution in [0.25, 0.3) is 10.9 Å². The topological polar surface area (TPSA) is 14.2 Å². The van der Waals surface area contributed by atoms with Gasteiger partial charge in [-0.1, -0.05) is 56.5 Å². The number of nitrogens with zero attached hydrogens (tertiary/aromatic N) is 1. The molecule has 24 heavy (non-hydrogen) atoms. The summed E-state index contributed by atoms with van der Waals surface area (Å²) in [6.07, 6.45) is 6.37. The number of benzene rings is 2. The van der Waals surface area contributed by atoms with E-state index in [2.05, 4.69) is 54.0 Å². The zero-order valence-corrected chi connectivity index (χ0v) is 14.8. The van der Waals surface area contributed by atoms with Crippen molar-refractivity contribution in [2.75, 3.05) is 7.11 Å². The maximum atomic E-state index is 5.27. The van der Waals surface area contributed by atoms with E-state index < -0.39 is 0 Å². The number of unbranched alkanes of at least 4 members (excludes halogenated alkanes) is 3. The van der Waals surface area contributed by atoms with Crippen LogP contribution < -0.4 is 4.74 Å². The van der Waals surface area contributed by atoms with E-state index in [4.69, 9.17) is 4.74 Å². The summed E-state index contributed by atoms with van der Waals surface area (Å²) in [7, 11) is 1.71. The summed E-state index contributed by atoms with van der Waals surface area (Å²) in [5, 5.41) is 1.34. The van der Waals surface area contributed by atoms with Crippen LogP contribution in [0.4, 0.5) is 0 Å². The van der Waals surface area contributed by atoms with Crippen LogP contribution in [0.3, 0.4) is 0 Å². The lowest BCUT2D eigenvalue weighted by atomic mass is 10.1. The van der Waals surface area contributed by atoms with Crippen molar-refractivity contribution in [1.82, 2.24) is 4.57 Å². The molecule has 0 saturated heterocycles. The van der Waals surface area contributed by atoms with Crippen molar-refractivity contribution in [3.05, 3.63) is 65.9 Å². The van der Waals surface area contributed by atoms with Gasteiger partial charge in [0.15, 0.2) is 0 Å². The van der Waals surface area contributed by atoms with E-state index in [-0.39, 0.29) is 0 Å². The van der Waals surface area contributed by atoms with Gasteiger partial charge in [-0.2, -0.15) is 0 Å². The first-order valence-electron chi connectivity index (χ1n) is 9.02. The van der Waals surface area contributed by atoms with Crippen molar-refractivity contribution in [3.8, 4) is 5.75 Å². The number of ether oxygens (including phenoxy) is 1. The second-order valence-electron chi connectivity index (χ2n) is 6.44. The molecule has 2 heteroatoms. The van der Waals surface area contributed by atoms with E-state index >= 15 is 0 Å². The van der Waals surface area contributed by atoms with Crippen LogP contribution >= 0.6 is 0 Å². The summed E-state index contributed by atoms with van der Waals surface area (Å²) < 4.78 is 7.74. The third-order valence-corrected chi connectivity index (χ3v) is 4.68. The number of fused-ring (bicyclic) bond motifs is 1. The summed E-state index contributed by atoms with van der Waals surface area (Å²) in [5.74, 6) is 0.913. The molecule has 0 amide bonds. The Bertz CT molecular complexity index is 770. The Balaban J connectivity index is 1.85. The van der Waals surface area contributed by atoms with Crippen molar-refractivity contribution in [2.45, 2.75) is 45.6 Å². The van der Waals surface area contributed by atoms with Gasteiger partial charge in [-0.25, -0.2) is 0 Å². The van der Waals surface area contributed by atoms with Crippen molar-refractivity contribution < 1.29 is 4.74 Å². The van der Waals surface area contributed by atoms with Crippen LogP contribution in [0.5, 0.6) is 5.75 Å². The van der Waals surface area contributed by atoms with Crippen molar-refractivity contribution in [3.63, 3.8) is 0 Å². The van der Waals surface area contributed by atoms with E-state index in [0.717, 1.165) is 18.7 Å². The monoisotopic (exact) mass is 321 g/mol. The lowest BCUT2D eigenvalue weighted by molar-refractivity contribution is 0.414. The molecule has 0 fully saturated rings. The molecule has 1 aromatic heterocycles. The second-order valence-corrected chi connectivity index (χ2v) is 6.44. The largest absolute Gasteiger partial charge is 0.497 e. The summed E-state index contributed by atoms with van der Waals surface area (Å²) in [6, 6.07) is 19.5. The van der Waals surface area contributed by atoms with Crippen LogP contribution in [0, 0.1) is 0 Å². The highest BCUT2D eigenvalue weighted by Gasteiger charge is 2.09. The number of aromatic nitrogens is 1. The highest BCUT2D eigenvalue weighted by molar-refractivity contribution is 5.81. The van der Waals surface area contributed by atoms with Gasteiger partial charge in [0.2, 0.25) is 0 Å². The first-order chi connectivity index (χ1) is 11.8. The molecule has 0 aliphatic heterocycles. The van der Waals surface area contributed by atoms with E-state index in [1.165, 1.54) is 47.8 Å². The van der Waals surface area contributed by atoms with Gasteiger partial charge in [0.05, 0.1) is 7.11 Å². The highest BCUT2D eigenvalue weighted by Crippen LogP contribution is 2.23. The molecule has 3 rings (SSSR count). The molecular weight excluding hydrogens is 294 g/mol. The normalized spacial score (nSPS) is 11.1. The maximum absolute atomic E-state index is 5.27. The summed E-state index contributed by atoms with van der Waals surface area (Å²) in [4.78, 5) is 0. The molecule has 0 aliphatic rings. The Morgan fingerprint density at radius 1 is 0.917 bits per heavy atom. The summed E-state index contributed by atoms with van der Waals surface area (Å²) in [6.45, 7) is 3.18. The van der Waals surface area contributed by atoms with Crippen LogP contribution in [0.15, 0.2) is 54.6 Å². The van der Waals surface area contributed by atoms with Crippen molar-refractivity contribution >= 4 is 10.9 Å². The second kappa shape index (κ2) is 8.05. The fourth-order valence-electron chi connectivity index (χ4n) is 3.31. The Kier molecular flexibility index (Phi) is 5.58. The minimum absolute atomic E-state index is 0.913. The number of hydrogen-bond acceptors (Lipinski definition) is 1. The lowest BCUT2D eigenvalue weighted by Gasteiger charge is -2.12. The third kappa shape index (κ3) is 3.81. The van der Waals surface area contributed by atoms with Crippen LogP contribution in [0.1, 0.15) is 43.9 Å². The average molecular weight is 321 g/mol. The first-order valence-corrected chi connectivity index (χ1v) is 9.02. The van der Waals surface area contributed by atoms with Gasteiger partial charge >= 0.3 is 0 Å². The molecule has 0 aliphatic carbocycles. The fraction of sp³-hybridized carbons (Fsp3) is 0.364. The van der Waals surface area contributed by atoms with E-state index in [1.807, 2.05) is 12.1 Å². The molecule has 0 unspecified atom stereocenters. The molecule has 0 N–H and O–H groups in total. The molecule has 0 saturated carbocycles. The number of aryl methyl sites for hydroxylation is 1. The highest BCUT2D eigenvalue weighted by atomic mass is 16.5. The number of para-hydroxylation sites is 1. The standard InChI is InChI=1S/C22H27NO/c1-3-4-5-6-10-20-16-19-9-7-8-11-22(19)23(20)17-18-12-14-21(24-2)15-13-18/h7-9,11-16H,3-6,10,17H2,1-2H3. The molecule has 2 aromatic carbocycles. The van der Waals surface area contributed by atoms with Gasteiger partial charge in [-0.05, 0) is 48.1 Å². The molecule has 0 radical (unpaired) electrons. The molecule has 0 atom stereocenters. The summed E-state index contributed by atoms with van der Waals surface area (Å²) in [5.41, 5.74) is 4.09. The Morgan fingerprint density at radius 3 is 2.46 bits per heavy atom. The number of rotatable bonds is 8. The Hall–Kier alpha value is -2.22. The minimum atomic E-state index is 0.913. The average Bonchev–Trinajstić information content (AvgIpc) is 2.97. The first kappa shape index (κ1) is 16.6. The predicted octanol–water partition coefficient (Wildman–Crippen LogP) is 5.82. The molecule has 0 spiro atoms. The zero-order valence-electron chi connectivity index (χ0n) is 14.8. The maximum Gasteiger partial charge on any atom is 0.118 e. The Morgan fingerprint density at radius 2 is 1.71 bits per heavy atom. The smallest absolute Gasteiger partial charge is 0.118 e. The third-order valence-electron chi connectivity index (χ3n) is 4.68. The fourth-order valence-corrected chi connectivity index (χ4v) is 3.31. The molecule has 0 bridgehead atoms. The quantitative estimate of drug-likeness (QED) is 0.477. The van der Waals surface area contributed by atoms with Crippen molar-refractivity contribution in [2.24, 2.45) is 0 Å². The van der Waals surface area contributed by atoms with Crippen LogP contribution in [-0.4, -0.2) is 11.7 Å².